The Labute approximate surface area is 160 Å². The number of hydrogen-bond donors (Lipinski definition) is 0. The molecule has 4 fully saturated rings. The van der Waals surface area contributed by atoms with Crippen LogP contribution in [-0.4, -0.2) is 54.5 Å². The number of aryl methyl sites for hydroxylation is 2. The molecule has 7 heteroatoms. The van der Waals surface area contributed by atoms with Crippen molar-refractivity contribution >= 4 is 10.0 Å². The van der Waals surface area contributed by atoms with E-state index in [9.17, 15) is 8.42 Å². The Morgan fingerprint density at radius 1 is 1.07 bits per heavy atom. The van der Waals surface area contributed by atoms with E-state index in [1.54, 1.807) is 18.2 Å². The van der Waals surface area contributed by atoms with E-state index in [-0.39, 0.29) is 22.9 Å². The van der Waals surface area contributed by atoms with Gasteiger partial charge in [-0.05, 0) is 51.3 Å². The summed E-state index contributed by atoms with van der Waals surface area (Å²) < 4.78 is 34.3. The molecule has 4 saturated heterocycles. The predicted molar refractivity (Wildman–Crippen MR) is 101 cm³/mol. The molecule has 5 heterocycles. The van der Waals surface area contributed by atoms with Gasteiger partial charge in [-0.3, -0.25) is 4.90 Å². The molecule has 0 amide bonds. The third-order valence-electron chi connectivity index (χ3n) is 6.71. The predicted octanol–water partition coefficient (Wildman–Crippen LogP) is 2.54. The number of fused-ring (bicyclic) bond motifs is 2. The highest BCUT2D eigenvalue weighted by Gasteiger charge is 2.57. The maximum absolute atomic E-state index is 13.7. The Hall–Kier alpha value is -1.70. The first kappa shape index (κ1) is 17.4. The minimum atomic E-state index is -3.64. The lowest BCUT2D eigenvalue weighted by molar-refractivity contribution is 0.0123. The maximum atomic E-state index is 13.7. The highest BCUT2D eigenvalue weighted by Crippen LogP contribution is 2.48. The van der Waals surface area contributed by atoms with Gasteiger partial charge in [-0.2, -0.15) is 4.31 Å². The number of hydrogen-bond acceptors (Lipinski definition) is 5. The highest BCUT2D eigenvalue weighted by atomic mass is 32.2. The van der Waals surface area contributed by atoms with Crippen LogP contribution in [-0.2, 0) is 10.0 Å². The quantitative estimate of drug-likeness (QED) is 0.810. The van der Waals surface area contributed by atoms with Crippen LogP contribution in [0.2, 0.25) is 0 Å². The molecule has 27 heavy (non-hydrogen) atoms. The molecule has 6 nitrogen and oxygen atoms in total. The number of nitrogens with zero attached hydrogens (tertiary/aromatic N) is 3. The molecular formula is C20H25N3O3S. The minimum absolute atomic E-state index is 0.0383. The van der Waals surface area contributed by atoms with E-state index >= 15 is 0 Å². The van der Waals surface area contributed by atoms with E-state index in [0.717, 1.165) is 25.9 Å². The molecule has 1 aromatic heterocycles. The molecule has 4 aliphatic rings. The number of piperidine rings is 3. The molecule has 2 aromatic rings. The first-order chi connectivity index (χ1) is 13.0. The average Bonchev–Trinajstić information content (AvgIpc) is 3.26. The summed E-state index contributed by atoms with van der Waals surface area (Å²) in [7, 11) is -3.64. The second kappa shape index (κ2) is 6.15. The van der Waals surface area contributed by atoms with Gasteiger partial charge < -0.3 is 4.52 Å². The van der Waals surface area contributed by atoms with Gasteiger partial charge in [0.2, 0.25) is 10.0 Å². The van der Waals surface area contributed by atoms with Gasteiger partial charge >= 0.3 is 0 Å². The zero-order valence-electron chi connectivity index (χ0n) is 15.7. The topological polar surface area (TPSA) is 66.7 Å². The van der Waals surface area contributed by atoms with Crippen molar-refractivity contribution in [2.24, 2.45) is 5.92 Å². The summed E-state index contributed by atoms with van der Waals surface area (Å²) in [4.78, 5) is 2.77. The zero-order valence-corrected chi connectivity index (χ0v) is 16.5. The maximum Gasteiger partial charge on any atom is 0.248 e. The second-order valence-electron chi connectivity index (χ2n) is 8.10. The van der Waals surface area contributed by atoms with Crippen molar-refractivity contribution in [2.75, 3.05) is 19.6 Å². The summed E-state index contributed by atoms with van der Waals surface area (Å²) in [5, 5.41) is 3.89. The number of rotatable bonds is 3. The van der Waals surface area contributed by atoms with Crippen LogP contribution < -0.4 is 0 Å². The molecular weight excluding hydrogens is 362 g/mol. The van der Waals surface area contributed by atoms with E-state index in [0.29, 0.717) is 23.9 Å². The lowest BCUT2D eigenvalue weighted by Crippen LogP contribution is -2.60. The summed E-state index contributed by atoms with van der Waals surface area (Å²) in [6.07, 6.45) is 2.16. The molecule has 1 aromatic carbocycles. The summed E-state index contributed by atoms with van der Waals surface area (Å²) in [5.74, 6) is 1.02. The Bertz CT molecular complexity index is 929. The first-order valence-corrected chi connectivity index (χ1v) is 11.2. The fourth-order valence-electron chi connectivity index (χ4n) is 5.60. The van der Waals surface area contributed by atoms with E-state index < -0.39 is 10.0 Å². The minimum Gasteiger partial charge on any atom is -0.360 e. The van der Waals surface area contributed by atoms with E-state index in [2.05, 4.69) is 22.2 Å². The van der Waals surface area contributed by atoms with Crippen molar-refractivity contribution in [1.82, 2.24) is 14.4 Å². The third-order valence-corrected chi connectivity index (χ3v) is 8.82. The van der Waals surface area contributed by atoms with Crippen LogP contribution in [0.5, 0.6) is 0 Å². The van der Waals surface area contributed by atoms with Gasteiger partial charge in [-0.15, -0.1) is 0 Å². The normalized spacial score (nSPS) is 33.3. The lowest BCUT2D eigenvalue weighted by Gasteiger charge is -2.50. The van der Waals surface area contributed by atoms with Crippen LogP contribution in [0.4, 0.5) is 0 Å². The Kier molecular flexibility index (Phi) is 3.97. The van der Waals surface area contributed by atoms with Crippen LogP contribution in [0.1, 0.15) is 35.8 Å². The van der Waals surface area contributed by atoms with Gasteiger partial charge in [0.05, 0.1) is 0 Å². The standard InChI is InChI=1S/C20H25N3O3S/c1-13-20(14(2)26-21-13)27(24,25)23-12-17(15-6-4-3-5-7-15)19-18(23)16-8-10-22(19)11-9-16/h3-7,16-19H,8-12H2,1-2H3/t17-,18+,19+/m1/s1. The van der Waals surface area contributed by atoms with Gasteiger partial charge in [0.1, 0.15) is 10.6 Å². The Morgan fingerprint density at radius 2 is 1.78 bits per heavy atom. The molecule has 144 valence electrons. The molecule has 0 unspecified atom stereocenters. The third kappa shape index (κ3) is 2.52. The monoisotopic (exact) mass is 387 g/mol. The van der Waals surface area contributed by atoms with Crippen LogP contribution in [0.3, 0.4) is 0 Å². The average molecular weight is 388 g/mol. The van der Waals surface area contributed by atoms with Crippen LogP contribution in [0, 0.1) is 19.8 Å². The molecule has 6 rings (SSSR count). The van der Waals surface area contributed by atoms with E-state index in [4.69, 9.17) is 4.52 Å². The van der Waals surface area contributed by atoms with Crippen molar-refractivity contribution < 1.29 is 12.9 Å². The Morgan fingerprint density at radius 3 is 2.41 bits per heavy atom. The fourth-order valence-corrected chi connectivity index (χ4v) is 7.62. The van der Waals surface area contributed by atoms with E-state index in [1.807, 2.05) is 18.2 Å². The molecule has 0 aliphatic carbocycles. The van der Waals surface area contributed by atoms with Crippen LogP contribution in [0.25, 0.3) is 0 Å². The largest absolute Gasteiger partial charge is 0.360 e. The van der Waals surface area contributed by atoms with Gasteiger partial charge in [0.15, 0.2) is 5.76 Å². The van der Waals surface area contributed by atoms with Gasteiger partial charge in [0.25, 0.3) is 0 Å². The summed E-state index contributed by atoms with van der Waals surface area (Å²) in [6, 6.07) is 10.7. The first-order valence-electron chi connectivity index (χ1n) is 9.72. The molecule has 0 radical (unpaired) electrons. The molecule has 2 bridgehead atoms. The summed E-state index contributed by atoms with van der Waals surface area (Å²) in [5.41, 5.74) is 1.69. The van der Waals surface area contributed by atoms with E-state index in [1.165, 1.54) is 5.56 Å². The van der Waals surface area contributed by atoms with Gasteiger partial charge in [-0.1, -0.05) is 35.5 Å². The smallest absolute Gasteiger partial charge is 0.248 e. The van der Waals surface area contributed by atoms with Gasteiger partial charge in [0, 0.05) is 24.5 Å². The number of sulfonamides is 1. The van der Waals surface area contributed by atoms with Crippen molar-refractivity contribution in [3.05, 3.63) is 47.3 Å². The molecule has 0 saturated carbocycles. The lowest BCUT2D eigenvalue weighted by atomic mass is 9.75. The van der Waals surface area contributed by atoms with Crippen molar-refractivity contribution in [2.45, 2.75) is 49.6 Å². The van der Waals surface area contributed by atoms with Crippen molar-refractivity contribution in [3.63, 3.8) is 0 Å². The summed E-state index contributed by atoms with van der Waals surface area (Å²) in [6.45, 7) is 6.08. The summed E-state index contributed by atoms with van der Waals surface area (Å²) >= 11 is 0. The molecule has 3 atom stereocenters. The number of aromatic nitrogens is 1. The number of benzene rings is 1. The molecule has 0 N–H and O–H groups in total. The van der Waals surface area contributed by atoms with Crippen molar-refractivity contribution in [1.29, 1.82) is 0 Å². The highest BCUT2D eigenvalue weighted by molar-refractivity contribution is 7.89. The molecule has 0 spiro atoms. The van der Waals surface area contributed by atoms with Gasteiger partial charge in [-0.25, -0.2) is 8.42 Å². The second-order valence-corrected chi connectivity index (χ2v) is 9.93. The molecule has 4 aliphatic heterocycles. The fraction of sp³-hybridized carbons (Fsp3) is 0.550. The Balaban J connectivity index is 1.61. The van der Waals surface area contributed by atoms with Crippen molar-refractivity contribution in [3.8, 4) is 0 Å². The van der Waals surface area contributed by atoms with Crippen LogP contribution in [0.15, 0.2) is 39.8 Å². The zero-order chi connectivity index (χ0) is 18.8. The van der Waals surface area contributed by atoms with Crippen LogP contribution >= 0.6 is 0 Å². The SMILES string of the molecule is Cc1noc(C)c1S(=O)(=O)N1C[C@H](c2ccccc2)[C@H]2[C@@H]1C1CCN2CC1.